The molecular weight excluding hydrogens is 206 g/mol. The molecule has 1 fully saturated rings. The van der Waals surface area contributed by atoms with Gasteiger partial charge in [-0.2, -0.15) is 5.26 Å². The minimum absolute atomic E-state index is 0.0169. The molecule has 90 valence electrons. The molecule has 0 spiro atoms. The number of rotatable bonds is 4. The van der Waals surface area contributed by atoms with Gasteiger partial charge in [-0.05, 0) is 13.8 Å². The number of ether oxygens (including phenoxy) is 1. The highest BCUT2D eigenvalue weighted by molar-refractivity contribution is 5.81. The van der Waals surface area contributed by atoms with E-state index >= 15 is 0 Å². The average molecular weight is 225 g/mol. The molecule has 1 saturated heterocycles. The van der Waals surface area contributed by atoms with Gasteiger partial charge in [-0.25, -0.2) is 0 Å². The molecule has 0 aromatic heterocycles. The van der Waals surface area contributed by atoms with Crippen molar-refractivity contribution in [2.45, 2.75) is 20.0 Å². The van der Waals surface area contributed by atoms with Gasteiger partial charge in [-0.15, -0.1) is 0 Å². The Hall–Kier alpha value is -1.12. The van der Waals surface area contributed by atoms with E-state index < -0.39 is 0 Å². The summed E-state index contributed by atoms with van der Waals surface area (Å²) in [6.07, 6.45) is -0.389. The third-order valence-electron chi connectivity index (χ3n) is 2.61. The zero-order valence-electron chi connectivity index (χ0n) is 9.90. The maximum absolute atomic E-state index is 12.0. The lowest BCUT2D eigenvalue weighted by molar-refractivity contribution is -0.145. The van der Waals surface area contributed by atoms with Crippen molar-refractivity contribution in [1.29, 1.82) is 5.26 Å². The first kappa shape index (κ1) is 12.9. The first-order chi connectivity index (χ1) is 7.69. The lowest BCUT2D eigenvalue weighted by Gasteiger charge is -2.29. The van der Waals surface area contributed by atoms with Crippen molar-refractivity contribution < 1.29 is 9.53 Å². The Bertz CT molecular complexity index is 269. The predicted molar refractivity (Wildman–Crippen MR) is 59.6 cm³/mol. The van der Waals surface area contributed by atoms with Gasteiger partial charge in [0.15, 0.2) is 0 Å². The topological polar surface area (TPSA) is 65.4 Å². The van der Waals surface area contributed by atoms with E-state index in [0.717, 1.165) is 6.54 Å². The van der Waals surface area contributed by atoms with Gasteiger partial charge in [-0.1, -0.05) is 0 Å². The standard InChI is InChI=1S/C11H19N3O2/c1-3-14(8-9(2)6-12)11(15)10-7-13-4-5-16-10/h9-10,13H,3-5,7-8H2,1-2H3. The fraction of sp³-hybridized carbons (Fsp3) is 0.818. The molecule has 5 nitrogen and oxygen atoms in total. The van der Waals surface area contributed by atoms with Gasteiger partial charge < -0.3 is 15.0 Å². The number of hydrogen-bond acceptors (Lipinski definition) is 4. The lowest BCUT2D eigenvalue weighted by Crippen LogP contribution is -2.50. The average Bonchev–Trinajstić information content (AvgIpc) is 2.35. The molecule has 0 aromatic rings. The summed E-state index contributed by atoms with van der Waals surface area (Å²) in [5.41, 5.74) is 0. The summed E-state index contributed by atoms with van der Waals surface area (Å²) in [5.74, 6) is -0.155. The van der Waals surface area contributed by atoms with Crippen LogP contribution in [0.5, 0.6) is 0 Å². The Kier molecular flexibility index (Phi) is 5.23. The van der Waals surface area contributed by atoms with Crippen LogP contribution in [-0.2, 0) is 9.53 Å². The van der Waals surface area contributed by atoms with Crippen molar-refractivity contribution in [2.75, 3.05) is 32.8 Å². The summed E-state index contributed by atoms with van der Waals surface area (Å²) in [7, 11) is 0. The zero-order valence-corrected chi connectivity index (χ0v) is 9.90. The number of hydrogen-bond donors (Lipinski definition) is 1. The Balaban J connectivity index is 2.51. The van der Waals surface area contributed by atoms with E-state index in [0.29, 0.717) is 26.2 Å². The van der Waals surface area contributed by atoms with Gasteiger partial charge in [-0.3, -0.25) is 4.79 Å². The second kappa shape index (κ2) is 6.46. The van der Waals surface area contributed by atoms with Crippen molar-refractivity contribution >= 4 is 5.91 Å². The number of morpholine rings is 1. The van der Waals surface area contributed by atoms with Gasteiger partial charge in [0.2, 0.25) is 0 Å². The molecule has 2 unspecified atom stereocenters. The first-order valence-corrected chi connectivity index (χ1v) is 5.69. The van der Waals surface area contributed by atoms with Crippen LogP contribution in [0.25, 0.3) is 0 Å². The van der Waals surface area contributed by atoms with E-state index in [4.69, 9.17) is 10.00 Å². The SMILES string of the molecule is CCN(CC(C)C#N)C(=O)C1CNCCO1. The smallest absolute Gasteiger partial charge is 0.253 e. The van der Waals surface area contributed by atoms with Crippen LogP contribution in [0.2, 0.25) is 0 Å². The maximum atomic E-state index is 12.0. The van der Waals surface area contributed by atoms with Crippen molar-refractivity contribution in [3.05, 3.63) is 0 Å². The van der Waals surface area contributed by atoms with Crippen LogP contribution in [0.1, 0.15) is 13.8 Å². The van der Waals surface area contributed by atoms with Gasteiger partial charge >= 0.3 is 0 Å². The minimum Gasteiger partial charge on any atom is -0.366 e. The molecule has 5 heteroatoms. The van der Waals surface area contributed by atoms with E-state index in [2.05, 4.69) is 11.4 Å². The molecule has 1 rings (SSSR count). The third kappa shape index (κ3) is 3.47. The molecule has 2 atom stereocenters. The highest BCUT2D eigenvalue weighted by atomic mass is 16.5. The summed E-state index contributed by atoms with van der Waals surface area (Å²) >= 11 is 0. The minimum atomic E-state index is -0.389. The largest absolute Gasteiger partial charge is 0.366 e. The van der Waals surface area contributed by atoms with Crippen LogP contribution in [0.4, 0.5) is 0 Å². The Morgan fingerprint density at radius 1 is 1.75 bits per heavy atom. The monoisotopic (exact) mass is 225 g/mol. The number of carbonyl (C=O) groups excluding carboxylic acids is 1. The molecule has 0 radical (unpaired) electrons. The lowest BCUT2D eigenvalue weighted by atomic mass is 10.1. The summed E-state index contributed by atoms with van der Waals surface area (Å²) < 4.78 is 5.40. The Labute approximate surface area is 96.4 Å². The van der Waals surface area contributed by atoms with E-state index in [1.54, 1.807) is 4.90 Å². The number of amides is 1. The molecule has 1 amide bonds. The van der Waals surface area contributed by atoms with E-state index in [1.807, 2.05) is 13.8 Å². The summed E-state index contributed by atoms with van der Waals surface area (Å²) in [6, 6.07) is 2.14. The highest BCUT2D eigenvalue weighted by Crippen LogP contribution is 2.05. The number of nitrogens with one attached hydrogen (secondary N) is 1. The van der Waals surface area contributed by atoms with Crippen LogP contribution in [0, 0.1) is 17.2 Å². The van der Waals surface area contributed by atoms with Crippen LogP contribution in [0.3, 0.4) is 0 Å². The molecule has 0 aromatic carbocycles. The van der Waals surface area contributed by atoms with Crippen LogP contribution in [0.15, 0.2) is 0 Å². The fourth-order valence-electron chi connectivity index (χ4n) is 1.67. The summed E-state index contributed by atoms with van der Waals surface area (Å²) in [5, 5.41) is 11.9. The molecule has 1 aliphatic rings. The first-order valence-electron chi connectivity index (χ1n) is 5.69. The molecule has 16 heavy (non-hydrogen) atoms. The zero-order chi connectivity index (χ0) is 12.0. The van der Waals surface area contributed by atoms with Gasteiger partial charge in [0.05, 0.1) is 18.6 Å². The van der Waals surface area contributed by atoms with Gasteiger partial charge in [0.25, 0.3) is 5.91 Å². The Morgan fingerprint density at radius 3 is 3.00 bits per heavy atom. The number of carbonyl (C=O) groups is 1. The summed E-state index contributed by atoms with van der Waals surface area (Å²) in [6.45, 7) is 6.76. The molecule has 1 N–H and O–H groups in total. The molecule has 1 aliphatic heterocycles. The fourth-order valence-corrected chi connectivity index (χ4v) is 1.67. The van der Waals surface area contributed by atoms with Gasteiger partial charge in [0.1, 0.15) is 6.10 Å². The number of nitriles is 1. The molecule has 0 aliphatic carbocycles. The maximum Gasteiger partial charge on any atom is 0.253 e. The van der Waals surface area contributed by atoms with Crippen molar-refractivity contribution in [3.8, 4) is 6.07 Å². The second-order valence-electron chi connectivity index (χ2n) is 3.97. The molecule has 1 heterocycles. The number of nitrogens with zero attached hydrogens (tertiary/aromatic N) is 2. The van der Waals surface area contributed by atoms with Crippen LogP contribution < -0.4 is 5.32 Å². The van der Waals surface area contributed by atoms with Crippen molar-refractivity contribution in [1.82, 2.24) is 10.2 Å². The van der Waals surface area contributed by atoms with Gasteiger partial charge in [0, 0.05) is 26.2 Å². The number of likely N-dealkylation sites (N-methyl/N-ethyl adjacent to an activating group) is 1. The highest BCUT2D eigenvalue weighted by Gasteiger charge is 2.26. The Morgan fingerprint density at radius 2 is 2.50 bits per heavy atom. The van der Waals surface area contributed by atoms with Crippen LogP contribution >= 0.6 is 0 Å². The normalized spacial score (nSPS) is 22.2. The summed E-state index contributed by atoms with van der Waals surface area (Å²) in [4.78, 5) is 13.7. The second-order valence-corrected chi connectivity index (χ2v) is 3.97. The van der Waals surface area contributed by atoms with Crippen molar-refractivity contribution in [2.24, 2.45) is 5.92 Å². The molecule has 0 saturated carbocycles. The predicted octanol–water partition coefficient (Wildman–Crippen LogP) is -0.0170. The van der Waals surface area contributed by atoms with Crippen LogP contribution in [-0.4, -0.2) is 49.7 Å². The van der Waals surface area contributed by atoms with Crippen molar-refractivity contribution in [3.63, 3.8) is 0 Å². The molecule has 0 bridgehead atoms. The third-order valence-corrected chi connectivity index (χ3v) is 2.61. The quantitative estimate of drug-likeness (QED) is 0.730. The van der Waals surface area contributed by atoms with E-state index in [1.165, 1.54) is 0 Å². The molecular formula is C11H19N3O2. The van der Waals surface area contributed by atoms with E-state index in [-0.39, 0.29) is 17.9 Å². The van der Waals surface area contributed by atoms with E-state index in [9.17, 15) is 4.79 Å².